The van der Waals surface area contributed by atoms with Gasteiger partial charge in [0, 0.05) is 11.3 Å². The zero-order valence-corrected chi connectivity index (χ0v) is 15.3. The fraction of sp³-hybridized carbons (Fsp3) is 0. The van der Waals surface area contributed by atoms with Gasteiger partial charge in [0.25, 0.3) is 11.8 Å². The van der Waals surface area contributed by atoms with Gasteiger partial charge < -0.3 is 5.32 Å². The minimum absolute atomic E-state index is 0.291. The lowest BCUT2D eigenvalue weighted by Crippen LogP contribution is -2.17. The fourth-order valence-corrected chi connectivity index (χ4v) is 2.59. The smallest absolute Gasteiger partial charge is 0.271 e. The van der Waals surface area contributed by atoms with E-state index in [4.69, 9.17) is 11.6 Å². The van der Waals surface area contributed by atoms with Gasteiger partial charge in [-0.15, -0.1) is 0 Å². The minimum Gasteiger partial charge on any atom is -0.322 e. The average Bonchev–Trinajstić information content (AvgIpc) is 2.69. The molecule has 28 heavy (non-hydrogen) atoms. The largest absolute Gasteiger partial charge is 0.322 e. The van der Waals surface area contributed by atoms with Crippen molar-refractivity contribution < 1.29 is 14.0 Å². The molecule has 0 aromatic heterocycles. The molecule has 7 heteroatoms. The zero-order chi connectivity index (χ0) is 19.9. The molecule has 3 aromatic carbocycles. The maximum atomic E-state index is 12.9. The number of anilines is 1. The number of hydrogen-bond donors (Lipinski definition) is 2. The number of nitrogens with one attached hydrogen (secondary N) is 2. The minimum atomic E-state index is -0.459. The van der Waals surface area contributed by atoms with E-state index in [1.165, 1.54) is 30.5 Å². The Hall–Kier alpha value is -3.51. The van der Waals surface area contributed by atoms with Crippen LogP contribution in [0.5, 0.6) is 0 Å². The Morgan fingerprint density at radius 1 is 0.929 bits per heavy atom. The topological polar surface area (TPSA) is 70.6 Å². The molecule has 2 amide bonds. The normalized spacial score (nSPS) is 10.6. The Morgan fingerprint density at radius 3 is 2.43 bits per heavy atom. The number of rotatable bonds is 5. The maximum Gasteiger partial charge on any atom is 0.271 e. The van der Waals surface area contributed by atoms with Crippen molar-refractivity contribution in [3.63, 3.8) is 0 Å². The van der Waals surface area contributed by atoms with Crippen LogP contribution in [-0.2, 0) is 0 Å². The molecular formula is C21H15ClFN3O2. The van der Waals surface area contributed by atoms with Gasteiger partial charge in [-0.05, 0) is 54.1 Å². The van der Waals surface area contributed by atoms with E-state index in [0.29, 0.717) is 27.4 Å². The van der Waals surface area contributed by atoms with Crippen LogP contribution in [0.4, 0.5) is 10.1 Å². The first-order chi connectivity index (χ1) is 13.5. The van der Waals surface area contributed by atoms with Gasteiger partial charge in [-0.3, -0.25) is 9.59 Å². The summed E-state index contributed by atoms with van der Waals surface area (Å²) in [6, 6.07) is 18.8. The van der Waals surface area contributed by atoms with Crippen LogP contribution in [0.25, 0.3) is 0 Å². The van der Waals surface area contributed by atoms with Crippen LogP contribution in [0.3, 0.4) is 0 Å². The number of carbonyl (C=O) groups is 2. The molecule has 3 aromatic rings. The van der Waals surface area contributed by atoms with E-state index >= 15 is 0 Å². The highest BCUT2D eigenvalue weighted by atomic mass is 35.5. The molecule has 0 bridgehead atoms. The molecule has 0 atom stereocenters. The zero-order valence-electron chi connectivity index (χ0n) is 14.5. The van der Waals surface area contributed by atoms with Crippen molar-refractivity contribution in [3.05, 3.63) is 100 Å². The van der Waals surface area contributed by atoms with Gasteiger partial charge in [-0.1, -0.05) is 35.9 Å². The number of hydrogen-bond acceptors (Lipinski definition) is 3. The lowest BCUT2D eigenvalue weighted by atomic mass is 10.2. The predicted octanol–water partition coefficient (Wildman–Crippen LogP) is 4.50. The van der Waals surface area contributed by atoms with Gasteiger partial charge in [-0.25, -0.2) is 9.82 Å². The summed E-state index contributed by atoms with van der Waals surface area (Å²) >= 11 is 6.03. The third-order valence-corrected chi connectivity index (χ3v) is 4.08. The molecule has 140 valence electrons. The van der Waals surface area contributed by atoms with E-state index in [1.54, 1.807) is 48.5 Å². The SMILES string of the molecule is O=C(N/N=C/c1cccc(NC(=O)c2ccccc2Cl)c1)c1ccc(F)cc1. The van der Waals surface area contributed by atoms with Crippen molar-refractivity contribution in [3.8, 4) is 0 Å². The van der Waals surface area contributed by atoms with Crippen molar-refractivity contribution >= 4 is 35.3 Å². The molecule has 0 fully saturated rings. The molecule has 2 N–H and O–H groups in total. The maximum absolute atomic E-state index is 12.9. The molecule has 3 rings (SSSR count). The number of hydrazone groups is 1. The molecular weight excluding hydrogens is 381 g/mol. The van der Waals surface area contributed by atoms with Crippen LogP contribution in [0.2, 0.25) is 5.02 Å². The lowest BCUT2D eigenvalue weighted by Gasteiger charge is -2.07. The molecule has 0 radical (unpaired) electrons. The number of halogens is 2. The molecule has 0 spiro atoms. The summed E-state index contributed by atoms with van der Waals surface area (Å²) in [4.78, 5) is 24.2. The highest BCUT2D eigenvalue weighted by Crippen LogP contribution is 2.17. The quantitative estimate of drug-likeness (QED) is 0.493. The second-order valence-corrected chi connectivity index (χ2v) is 6.17. The van der Waals surface area contributed by atoms with E-state index in [-0.39, 0.29) is 5.91 Å². The summed E-state index contributed by atoms with van der Waals surface area (Å²) in [5, 5.41) is 7.00. The van der Waals surface area contributed by atoms with E-state index < -0.39 is 11.7 Å². The van der Waals surface area contributed by atoms with Gasteiger partial charge in [-0.2, -0.15) is 5.10 Å². The summed E-state index contributed by atoms with van der Waals surface area (Å²) < 4.78 is 12.9. The Balaban J connectivity index is 1.63. The Labute approximate surface area is 165 Å². The number of nitrogens with zero attached hydrogens (tertiary/aromatic N) is 1. The van der Waals surface area contributed by atoms with Gasteiger partial charge in [0.15, 0.2) is 0 Å². The predicted molar refractivity (Wildman–Crippen MR) is 107 cm³/mol. The summed E-state index contributed by atoms with van der Waals surface area (Å²) in [6.07, 6.45) is 1.44. The monoisotopic (exact) mass is 395 g/mol. The van der Waals surface area contributed by atoms with Crippen molar-refractivity contribution in [2.45, 2.75) is 0 Å². The van der Waals surface area contributed by atoms with Gasteiger partial charge in [0.1, 0.15) is 5.82 Å². The summed E-state index contributed by atoms with van der Waals surface area (Å²) in [5.74, 6) is -1.21. The van der Waals surface area contributed by atoms with Crippen LogP contribution < -0.4 is 10.7 Å². The molecule has 5 nitrogen and oxygen atoms in total. The van der Waals surface area contributed by atoms with E-state index in [9.17, 15) is 14.0 Å². The van der Waals surface area contributed by atoms with E-state index in [0.717, 1.165) is 0 Å². The van der Waals surface area contributed by atoms with Gasteiger partial charge in [0.05, 0.1) is 16.8 Å². The molecule has 0 saturated carbocycles. The Morgan fingerprint density at radius 2 is 1.68 bits per heavy atom. The summed E-state index contributed by atoms with van der Waals surface area (Å²) in [6.45, 7) is 0. The third kappa shape index (κ3) is 5.02. The van der Waals surface area contributed by atoms with Gasteiger partial charge in [0.2, 0.25) is 0 Å². The van der Waals surface area contributed by atoms with Crippen LogP contribution >= 0.6 is 11.6 Å². The van der Waals surface area contributed by atoms with Crippen molar-refractivity contribution in [2.75, 3.05) is 5.32 Å². The molecule has 0 aliphatic heterocycles. The lowest BCUT2D eigenvalue weighted by molar-refractivity contribution is 0.0954. The van der Waals surface area contributed by atoms with Crippen molar-refractivity contribution in [2.24, 2.45) is 5.10 Å². The first-order valence-corrected chi connectivity index (χ1v) is 8.65. The van der Waals surface area contributed by atoms with E-state index in [1.807, 2.05) is 0 Å². The summed E-state index contributed by atoms with van der Waals surface area (Å²) in [5.41, 5.74) is 4.24. The molecule has 0 aliphatic carbocycles. The second kappa shape index (κ2) is 8.92. The average molecular weight is 396 g/mol. The molecule has 0 saturated heterocycles. The standard InChI is InChI=1S/C21H15ClFN3O2/c22-19-7-2-1-6-18(19)21(28)25-17-5-3-4-14(12-17)13-24-26-20(27)15-8-10-16(23)11-9-15/h1-13H,(H,25,28)(H,26,27)/b24-13+. The highest BCUT2D eigenvalue weighted by molar-refractivity contribution is 6.34. The van der Waals surface area contributed by atoms with Gasteiger partial charge >= 0.3 is 0 Å². The number of carbonyl (C=O) groups excluding carboxylic acids is 2. The summed E-state index contributed by atoms with van der Waals surface area (Å²) in [7, 11) is 0. The third-order valence-electron chi connectivity index (χ3n) is 3.75. The number of amides is 2. The molecule has 0 aliphatic rings. The number of benzene rings is 3. The van der Waals surface area contributed by atoms with Crippen LogP contribution in [0.1, 0.15) is 26.3 Å². The Bertz CT molecular complexity index is 1040. The van der Waals surface area contributed by atoms with Crippen LogP contribution in [0, 0.1) is 5.82 Å². The first-order valence-electron chi connectivity index (χ1n) is 8.28. The second-order valence-electron chi connectivity index (χ2n) is 5.77. The highest BCUT2D eigenvalue weighted by Gasteiger charge is 2.09. The van der Waals surface area contributed by atoms with E-state index in [2.05, 4.69) is 15.8 Å². The van der Waals surface area contributed by atoms with Crippen molar-refractivity contribution in [1.29, 1.82) is 0 Å². The molecule has 0 unspecified atom stereocenters. The van der Waals surface area contributed by atoms with Crippen molar-refractivity contribution in [1.82, 2.24) is 5.43 Å². The van der Waals surface area contributed by atoms with Crippen LogP contribution in [-0.4, -0.2) is 18.0 Å². The first kappa shape index (κ1) is 19.3. The Kier molecular flexibility index (Phi) is 6.14. The molecule has 0 heterocycles. The fourth-order valence-electron chi connectivity index (χ4n) is 2.37. The van der Waals surface area contributed by atoms with Crippen LogP contribution in [0.15, 0.2) is 77.9 Å².